The Morgan fingerprint density at radius 3 is 1.81 bits per heavy atom. The normalized spacial score (nSPS) is 15.8. The van der Waals surface area contributed by atoms with Gasteiger partial charge in [0.25, 0.3) is 0 Å². The van der Waals surface area contributed by atoms with Crippen LogP contribution in [0.2, 0.25) is 0 Å². The first-order valence-electron chi connectivity index (χ1n) is 4.84. The molecule has 5 N–H and O–H groups in total. The second-order valence-corrected chi connectivity index (χ2v) is 3.59. The van der Waals surface area contributed by atoms with Gasteiger partial charge in [-0.05, 0) is 20.8 Å². The molecule has 0 aromatic heterocycles. The number of rotatable bonds is 5. The van der Waals surface area contributed by atoms with Crippen molar-refractivity contribution in [2.75, 3.05) is 0 Å². The largest absolute Gasteiger partial charge is 0.480 e. The Hall–Kier alpha value is -1.63. The number of carboxylic acid groups (broad SMARTS) is 1. The van der Waals surface area contributed by atoms with Crippen LogP contribution >= 0.6 is 0 Å². The van der Waals surface area contributed by atoms with Crippen molar-refractivity contribution in [2.45, 2.75) is 38.9 Å². The molecular formula is C9H17N3O4. The van der Waals surface area contributed by atoms with Crippen LogP contribution in [0.5, 0.6) is 0 Å². The fraction of sp³-hybridized carbons (Fsp3) is 0.667. The van der Waals surface area contributed by atoms with Crippen molar-refractivity contribution in [1.29, 1.82) is 0 Å². The lowest BCUT2D eigenvalue weighted by atomic mass is 10.2. The maximum absolute atomic E-state index is 11.4. The van der Waals surface area contributed by atoms with Gasteiger partial charge in [0.05, 0.1) is 6.04 Å². The van der Waals surface area contributed by atoms with E-state index < -0.39 is 35.9 Å². The lowest BCUT2D eigenvalue weighted by Crippen LogP contribution is -2.52. The highest BCUT2D eigenvalue weighted by Crippen LogP contribution is 1.88. The van der Waals surface area contributed by atoms with Gasteiger partial charge < -0.3 is 21.5 Å². The molecule has 0 unspecified atom stereocenters. The quantitative estimate of drug-likeness (QED) is 0.455. The molecule has 0 saturated carbocycles. The zero-order chi connectivity index (χ0) is 12.9. The van der Waals surface area contributed by atoms with E-state index in [1.807, 2.05) is 0 Å². The van der Waals surface area contributed by atoms with Crippen molar-refractivity contribution >= 4 is 17.8 Å². The number of carbonyl (C=O) groups is 3. The van der Waals surface area contributed by atoms with E-state index >= 15 is 0 Å². The highest BCUT2D eigenvalue weighted by molar-refractivity contribution is 5.91. The van der Waals surface area contributed by atoms with Crippen LogP contribution in [0.15, 0.2) is 0 Å². The summed E-state index contributed by atoms with van der Waals surface area (Å²) in [5.41, 5.74) is 5.30. The third kappa shape index (κ3) is 4.74. The van der Waals surface area contributed by atoms with E-state index in [-0.39, 0.29) is 0 Å². The SMILES string of the molecule is C[C@H](NC(=O)[C@@H](C)N)C(=O)N[C@H](C)C(=O)O. The summed E-state index contributed by atoms with van der Waals surface area (Å²) in [6.45, 7) is 4.27. The van der Waals surface area contributed by atoms with Gasteiger partial charge in [0.1, 0.15) is 12.1 Å². The molecule has 0 rings (SSSR count). The summed E-state index contributed by atoms with van der Waals surface area (Å²) in [5.74, 6) is -2.17. The lowest BCUT2D eigenvalue weighted by Gasteiger charge is -2.17. The van der Waals surface area contributed by atoms with Gasteiger partial charge in [-0.1, -0.05) is 0 Å². The number of carboxylic acids is 1. The summed E-state index contributed by atoms with van der Waals surface area (Å²) in [5, 5.41) is 13.1. The Morgan fingerprint density at radius 2 is 1.44 bits per heavy atom. The third-order valence-electron chi connectivity index (χ3n) is 1.89. The highest BCUT2D eigenvalue weighted by atomic mass is 16.4. The van der Waals surface area contributed by atoms with E-state index in [0.29, 0.717) is 0 Å². The van der Waals surface area contributed by atoms with Crippen LogP contribution in [-0.4, -0.2) is 41.0 Å². The Bertz CT molecular complexity index is 290. The minimum atomic E-state index is -1.14. The van der Waals surface area contributed by atoms with Gasteiger partial charge in [0, 0.05) is 0 Å². The average molecular weight is 231 g/mol. The smallest absolute Gasteiger partial charge is 0.325 e. The molecular weight excluding hydrogens is 214 g/mol. The van der Waals surface area contributed by atoms with Gasteiger partial charge in [-0.3, -0.25) is 14.4 Å². The molecule has 0 aliphatic carbocycles. The molecule has 16 heavy (non-hydrogen) atoms. The van der Waals surface area contributed by atoms with E-state index in [0.717, 1.165) is 0 Å². The van der Waals surface area contributed by atoms with Crippen molar-refractivity contribution in [2.24, 2.45) is 5.73 Å². The number of carbonyl (C=O) groups excluding carboxylic acids is 2. The molecule has 0 spiro atoms. The molecule has 0 saturated heterocycles. The number of nitrogens with one attached hydrogen (secondary N) is 2. The monoisotopic (exact) mass is 231 g/mol. The van der Waals surface area contributed by atoms with Gasteiger partial charge in [0.15, 0.2) is 0 Å². The number of aliphatic carboxylic acids is 1. The molecule has 0 aromatic carbocycles. The summed E-state index contributed by atoms with van der Waals surface area (Å²) < 4.78 is 0. The first kappa shape index (κ1) is 14.4. The van der Waals surface area contributed by atoms with Crippen LogP contribution < -0.4 is 16.4 Å². The molecule has 0 aromatic rings. The second-order valence-electron chi connectivity index (χ2n) is 3.59. The highest BCUT2D eigenvalue weighted by Gasteiger charge is 2.21. The predicted octanol–water partition coefficient (Wildman–Crippen LogP) is -1.57. The Kier molecular flexibility index (Phi) is 5.44. The maximum Gasteiger partial charge on any atom is 0.325 e. The minimum Gasteiger partial charge on any atom is -0.480 e. The molecule has 0 fully saturated rings. The molecule has 0 heterocycles. The van der Waals surface area contributed by atoms with E-state index in [4.69, 9.17) is 10.8 Å². The summed E-state index contributed by atoms with van der Waals surface area (Å²) in [7, 11) is 0. The molecule has 0 aliphatic rings. The van der Waals surface area contributed by atoms with Crippen molar-refractivity contribution in [3.05, 3.63) is 0 Å². The summed E-state index contributed by atoms with van der Waals surface area (Å²) in [6.07, 6.45) is 0. The fourth-order valence-electron chi connectivity index (χ4n) is 0.811. The second kappa shape index (κ2) is 6.06. The van der Waals surface area contributed by atoms with Gasteiger partial charge in [-0.25, -0.2) is 0 Å². The van der Waals surface area contributed by atoms with Crippen LogP contribution in [0.3, 0.4) is 0 Å². The molecule has 92 valence electrons. The fourth-order valence-corrected chi connectivity index (χ4v) is 0.811. The van der Waals surface area contributed by atoms with Crippen molar-refractivity contribution in [1.82, 2.24) is 10.6 Å². The molecule has 0 bridgehead atoms. The Balaban J connectivity index is 4.19. The molecule has 7 heteroatoms. The zero-order valence-corrected chi connectivity index (χ0v) is 9.48. The Morgan fingerprint density at radius 1 is 1.00 bits per heavy atom. The standard InChI is InChI=1S/C9H17N3O4/c1-4(10)7(13)11-5(2)8(14)12-6(3)9(15)16/h4-6H,10H2,1-3H3,(H,11,13)(H,12,14)(H,15,16)/t4-,5+,6-/m1/s1. The van der Waals surface area contributed by atoms with Gasteiger partial charge >= 0.3 is 5.97 Å². The van der Waals surface area contributed by atoms with E-state index in [1.54, 1.807) is 0 Å². The van der Waals surface area contributed by atoms with Crippen molar-refractivity contribution in [3.63, 3.8) is 0 Å². The summed E-state index contributed by atoms with van der Waals surface area (Å²) in [4.78, 5) is 33.0. The molecule has 0 aliphatic heterocycles. The van der Waals surface area contributed by atoms with Crippen LogP contribution in [0.1, 0.15) is 20.8 Å². The molecule has 3 atom stereocenters. The van der Waals surface area contributed by atoms with Gasteiger partial charge in [0.2, 0.25) is 11.8 Å². The zero-order valence-electron chi connectivity index (χ0n) is 9.48. The average Bonchev–Trinajstić information content (AvgIpc) is 2.16. The van der Waals surface area contributed by atoms with Crippen LogP contribution in [-0.2, 0) is 14.4 Å². The van der Waals surface area contributed by atoms with Gasteiger partial charge in [-0.15, -0.1) is 0 Å². The molecule has 2 amide bonds. The number of amides is 2. The molecule has 7 nitrogen and oxygen atoms in total. The first-order chi connectivity index (χ1) is 7.25. The number of hydrogen-bond donors (Lipinski definition) is 4. The van der Waals surface area contributed by atoms with Crippen molar-refractivity contribution in [3.8, 4) is 0 Å². The topological polar surface area (TPSA) is 122 Å². The van der Waals surface area contributed by atoms with Gasteiger partial charge in [-0.2, -0.15) is 0 Å². The molecule has 0 radical (unpaired) electrons. The van der Waals surface area contributed by atoms with E-state index in [2.05, 4.69) is 10.6 Å². The number of nitrogens with two attached hydrogens (primary N) is 1. The van der Waals surface area contributed by atoms with E-state index in [1.165, 1.54) is 20.8 Å². The van der Waals surface area contributed by atoms with Crippen LogP contribution in [0.4, 0.5) is 0 Å². The third-order valence-corrected chi connectivity index (χ3v) is 1.89. The Labute approximate surface area is 93.4 Å². The van der Waals surface area contributed by atoms with E-state index in [9.17, 15) is 14.4 Å². The van der Waals surface area contributed by atoms with Crippen LogP contribution in [0.25, 0.3) is 0 Å². The minimum absolute atomic E-state index is 0.467. The predicted molar refractivity (Wildman–Crippen MR) is 56.5 cm³/mol. The first-order valence-corrected chi connectivity index (χ1v) is 4.84. The number of hydrogen-bond acceptors (Lipinski definition) is 4. The van der Waals surface area contributed by atoms with Crippen LogP contribution in [0, 0.1) is 0 Å². The summed E-state index contributed by atoms with van der Waals surface area (Å²) in [6, 6.07) is -2.53. The summed E-state index contributed by atoms with van der Waals surface area (Å²) >= 11 is 0. The maximum atomic E-state index is 11.4. The lowest BCUT2D eigenvalue weighted by molar-refractivity contribution is -0.141. The van der Waals surface area contributed by atoms with Crippen molar-refractivity contribution < 1.29 is 19.5 Å².